The molecule has 1 aromatic carbocycles. The number of ketones is 1. The van der Waals surface area contributed by atoms with Crippen molar-refractivity contribution in [2.45, 2.75) is 32.7 Å². The molecule has 1 heterocycles. The van der Waals surface area contributed by atoms with Gasteiger partial charge in [-0.05, 0) is 43.0 Å². The first-order valence-corrected chi connectivity index (χ1v) is 8.35. The number of Topliss-reactive ketones (excluding diaryl/α,β-unsaturated/α-hetero) is 1. The number of hydrogen-bond acceptors (Lipinski definition) is 3. The van der Waals surface area contributed by atoms with Crippen molar-refractivity contribution in [3.63, 3.8) is 0 Å². The first-order valence-electron chi connectivity index (χ1n) is 8.35. The molecule has 0 aliphatic heterocycles. The SMILES string of the molecule is CNC(=O)c1ccc(CNC(=O)c2[nH]c3c(c2C)C(=O)CCC3)cc1. The van der Waals surface area contributed by atoms with Gasteiger partial charge in [0.25, 0.3) is 11.8 Å². The average molecular weight is 339 g/mol. The maximum atomic E-state index is 12.5. The summed E-state index contributed by atoms with van der Waals surface area (Å²) in [6.07, 6.45) is 2.17. The molecule has 0 bridgehead atoms. The summed E-state index contributed by atoms with van der Waals surface area (Å²) in [5, 5.41) is 5.43. The molecule has 3 N–H and O–H groups in total. The molecule has 6 heteroatoms. The summed E-state index contributed by atoms with van der Waals surface area (Å²) < 4.78 is 0. The molecule has 2 aromatic rings. The van der Waals surface area contributed by atoms with E-state index in [-0.39, 0.29) is 17.6 Å². The number of H-pyrrole nitrogens is 1. The van der Waals surface area contributed by atoms with Crippen LogP contribution in [-0.2, 0) is 13.0 Å². The van der Waals surface area contributed by atoms with E-state index in [2.05, 4.69) is 15.6 Å². The minimum absolute atomic E-state index is 0.110. The summed E-state index contributed by atoms with van der Waals surface area (Å²) in [6.45, 7) is 2.16. The zero-order chi connectivity index (χ0) is 18.0. The lowest BCUT2D eigenvalue weighted by Crippen LogP contribution is -2.24. The summed E-state index contributed by atoms with van der Waals surface area (Å²) in [5.74, 6) is -0.262. The third-order valence-electron chi connectivity index (χ3n) is 4.56. The Morgan fingerprint density at radius 2 is 1.84 bits per heavy atom. The van der Waals surface area contributed by atoms with Gasteiger partial charge in [-0.2, -0.15) is 0 Å². The molecule has 130 valence electrons. The van der Waals surface area contributed by atoms with Crippen LogP contribution in [0.4, 0.5) is 0 Å². The number of fused-ring (bicyclic) bond motifs is 1. The van der Waals surface area contributed by atoms with Gasteiger partial charge in [0.05, 0.1) is 0 Å². The largest absolute Gasteiger partial charge is 0.355 e. The van der Waals surface area contributed by atoms with Gasteiger partial charge in [0.1, 0.15) is 5.69 Å². The second kappa shape index (κ2) is 6.93. The highest BCUT2D eigenvalue weighted by Gasteiger charge is 2.26. The van der Waals surface area contributed by atoms with Crippen molar-refractivity contribution >= 4 is 17.6 Å². The molecule has 0 spiro atoms. The number of nitrogens with one attached hydrogen (secondary N) is 3. The van der Waals surface area contributed by atoms with Gasteiger partial charge < -0.3 is 15.6 Å². The van der Waals surface area contributed by atoms with Gasteiger partial charge in [-0.25, -0.2) is 0 Å². The summed E-state index contributed by atoms with van der Waals surface area (Å²) in [5.41, 5.74) is 4.21. The number of aromatic nitrogens is 1. The quantitative estimate of drug-likeness (QED) is 0.797. The predicted molar refractivity (Wildman–Crippen MR) is 93.8 cm³/mol. The van der Waals surface area contributed by atoms with E-state index in [0.29, 0.717) is 29.8 Å². The number of benzene rings is 1. The summed E-state index contributed by atoms with van der Waals surface area (Å²) >= 11 is 0. The number of hydrogen-bond donors (Lipinski definition) is 3. The smallest absolute Gasteiger partial charge is 0.268 e. The second-order valence-electron chi connectivity index (χ2n) is 6.21. The van der Waals surface area contributed by atoms with Gasteiger partial charge in [0.15, 0.2) is 5.78 Å². The van der Waals surface area contributed by atoms with E-state index in [1.165, 1.54) is 0 Å². The predicted octanol–water partition coefficient (Wildman–Crippen LogP) is 2.13. The highest BCUT2D eigenvalue weighted by molar-refractivity contribution is 6.04. The van der Waals surface area contributed by atoms with E-state index >= 15 is 0 Å². The molecule has 0 saturated heterocycles. The van der Waals surface area contributed by atoms with Crippen molar-refractivity contribution in [1.82, 2.24) is 15.6 Å². The number of aromatic amines is 1. The molecule has 3 rings (SSSR count). The molecule has 1 aliphatic carbocycles. The first kappa shape index (κ1) is 17.0. The van der Waals surface area contributed by atoms with Crippen LogP contribution in [0.5, 0.6) is 0 Å². The van der Waals surface area contributed by atoms with Crippen molar-refractivity contribution in [3.05, 3.63) is 57.9 Å². The van der Waals surface area contributed by atoms with E-state index in [1.807, 2.05) is 6.92 Å². The minimum Gasteiger partial charge on any atom is -0.355 e. The molecular formula is C19H21N3O3. The maximum Gasteiger partial charge on any atom is 0.268 e. The van der Waals surface area contributed by atoms with Crippen LogP contribution in [0.1, 0.15) is 60.9 Å². The van der Waals surface area contributed by atoms with E-state index in [9.17, 15) is 14.4 Å². The molecule has 25 heavy (non-hydrogen) atoms. The van der Waals surface area contributed by atoms with E-state index < -0.39 is 0 Å². The van der Waals surface area contributed by atoms with Crippen LogP contribution in [0, 0.1) is 6.92 Å². The van der Waals surface area contributed by atoms with Crippen molar-refractivity contribution < 1.29 is 14.4 Å². The van der Waals surface area contributed by atoms with E-state index in [1.54, 1.807) is 31.3 Å². The van der Waals surface area contributed by atoms with Crippen LogP contribution in [0.25, 0.3) is 0 Å². The zero-order valence-corrected chi connectivity index (χ0v) is 14.4. The lowest BCUT2D eigenvalue weighted by molar-refractivity contribution is 0.0941. The van der Waals surface area contributed by atoms with Crippen molar-refractivity contribution in [2.75, 3.05) is 7.05 Å². The lowest BCUT2D eigenvalue weighted by Gasteiger charge is -2.09. The Balaban J connectivity index is 1.69. The molecular weight excluding hydrogens is 318 g/mol. The number of amides is 2. The van der Waals surface area contributed by atoms with Crippen LogP contribution >= 0.6 is 0 Å². The molecule has 6 nitrogen and oxygen atoms in total. The monoisotopic (exact) mass is 339 g/mol. The minimum atomic E-state index is -0.227. The van der Waals surface area contributed by atoms with Gasteiger partial charge in [-0.1, -0.05) is 12.1 Å². The normalized spacial score (nSPS) is 13.3. The van der Waals surface area contributed by atoms with Crippen molar-refractivity contribution in [1.29, 1.82) is 0 Å². The Bertz CT molecular complexity index is 834. The Morgan fingerprint density at radius 3 is 2.48 bits per heavy atom. The fraction of sp³-hybridized carbons (Fsp3) is 0.316. The van der Waals surface area contributed by atoms with Gasteiger partial charge in [0.2, 0.25) is 0 Å². The number of carbonyl (C=O) groups excluding carboxylic acids is 3. The second-order valence-corrected chi connectivity index (χ2v) is 6.21. The first-order chi connectivity index (χ1) is 12.0. The molecule has 1 aliphatic rings. The maximum absolute atomic E-state index is 12.5. The summed E-state index contributed by atoms with van der Waals surface area (Å²) in [7, 11) is 1.58. The number of rotatable bonds is 4. The number of carbonyl (C=O) groups is 3. The van der Waals surface area contributed by atoms with Crippen LogP contribution in [0.3, 0.4) is 0 Å². The molecule has 2 amide bonds. The highest BCUT2D eigenvalue weighted by Crippen LogP contribution is 2.26. The Morgan fingerprint density at radius 1 is 1.12 bits per heavy atom. The zero-order valence-electron chi connectivity index (χ0n) is 14.4. The van der Waals surface area contributed by atoms with Crippen LogP contribution in [0.15, 0.2) is 24.3 Å². The average Bonchev–Trinajstić information content (AvgIpc) is 2.97. The molecule has 0 saturated carbocycles. The Labute approximate surface area is 146 Å². The van der Waals surface area contributed by atoms with E-state index in [4.69, 9.17) is 0 Å². The molecule has 1 aromatic heterocycles. The topological polar surface area (TPSA) is 91.1 Å². The van der Waals surface area contributed by atoms with Crippen LogP contribution in [0.2, 0.25) is 0 Å². The standard InChI is InChI=1S/C19H21N3O3/c1-11-16-14(4-3-5-15(16)23)22-17(11)19(25)21-10-12-6-8-13(9-7-12)18(24)20-2/h6-9,22H,3-5,10H2,1-2H3,(H,20,24)(H,21,25). The lowest BCUT2D eigenvalue weighted by atomic mass is 9.94. The van der Waals surface area contributed by atoms with E-state index in [0.717, 1.165) is 29.7 Å². The van der Waals surface area contributed by atoms with Crippen LogP contribution in [-0.4, -0.2) is 29.6 Å². The van der Waals surface area contributed by atoms with Gasteiger partial charge in [0, 0.05) is 36.8 Å². The summed E-state index contributed by atoms with van der Waals surface area (Å²) in [6, 6.07) is 7.05. The fourth-order valence-electron chi connectivity index (χ4n) is 3.19. The van der Waals surface area contributed by atoms with Gasteiger partial charge in [-0.3, -0.25) is 14.4 Å². The third-order valence-corrected chi connectivity index (χ3v) is 4.56. The van der Waals surface area contributed by atoms with Crippen LogP contribution < -0.4 is 10.6 Å². The molecule has 0 radical (unpaired) electrons. The summed E-state index contributed by atoms with van der Waals surface area (Å²) in [4.78, 5) is 39.2. The van der Waals surface area contributed by atoms with Crippen molar-refractivity contribution in [2.24, 2.45) is 0 Å². The Kier molecular flexibility index (Phi) is 4.70. The highest BCUT2D eigenvalue weighted by atomic mass is 16.2. The number of aryl methyl sites for hydroxylation is 1. The Hall–Kier alpha value is -2.89. The fourth-order valence-corrected chi connectivity index (χ4v) is 3.19. The molecule has 0 unspecified atom stereocenters. The van der Waals surface area contributed by atoms with Crippen molar-refractivity contribution in [3.8, 4) is 0 Å². The third kappa shape index (κ3) is 3.33. The molecule has 0 atom stereocenters. The van der Waals surface area contributed by atoms with Gasteiger partial charge >= 0.3 is 0 Å². The van der Waals surface area contributed by atoms with Gasteiger partial charge in [-0.15, -0.1) is 0 Å². The molecule has 0 fully saturated rings.